The molecular formula is C16H33NSi. The van der Waals surface area contributed by atoms with Gasteiger partial charge in [-0.25, -0.2) is 0 Å². The highest BCUT2D eigenvalue weighted by atomic mass is 28.3. The third-order valence-corrected chi connectivity index (χ3v) is 10.6. The molecule has 1 saturated heterocycles. The molecular weight excluding hydrogens is 234 g/mol. The Labute approximate surface area is 116 Å². The Bertz CT molecular complexity index is 250. The molecule has 0 bridgehead atoms. The minimum absolute atomic E-state index is 0.973. The molecule has 0 unspecified atom stereocenters. The van der Waals surface area contributed by atoms with Gasteiger partial charge in [0.1, 0.15) is 0 Å². The maximum Gasteiger partial charge on any atom is 0.0568 e. The third-order valence-electron chi connectivity index (χ3n) is 4.97. The first-order valence-corrected chi connectivity index (χ1v) is 10.9. The van der Waals surface area contributed by atoms with Gasteiger partial charge in [-0.1, -0.05) is 51.4 Å². The number of likely N-dealkylation sites (tertiary alicyclic amines) is 1. The first-order chi connectivity index (χ1) is 8.67. The predicted octanol–water partition coefficient (Wildman–Crippen LogP) is 5.27. The van der Waals surface area contributed by atoms with E-state index in [1.165, 1.54) is 62.9 Å². The normalized spacial score (nSPS) is 18.2. The zero-order chi connectivity index (χ0) is 13.4. The monoisotopic (exact) mass is 267 g/mol. The van der Waals surface area contributed by atoms with Crippen LogP contribution in [0.5, 0.6) is 0 Å². The van der Waals surface area contributed by atoms with Crippen LogP contribution in [-0.2, 0) is 0 Å². The van der Waals surface area contributed by atoms with Gasteiger partial charge >= 0.3 is 0 Å². The Balaban J connectivity index is 2.57. The fraction of sp³-hybridized carbons (Fsp3) is 0.875. The summed E-state index contributed by atoms with van der Waals surface area (Å²) in [6.07, 6.45) is 8.18. The molecule has 106 valence electrons. The van der Waals surface area contributed by atoms with Gasteiger partial charge in [0.25, 0.3) is 0 Å². The minimum Gasteiger partial charge on any atom is -0.375 e. The fourth-order valence-corrected chi connectivity index (χ4v) is 7.04. The highest BCUT2D eigenvalue weighted by Gasteiger charge is 2.26. The van der Waals surface area contributed by atoms with Crippen LogP contribution in [0.3, 0.4) is 0 Å². The van der Waals surface area contributed by atoms with Gasteiger partial charge < -0.3 is 4.90 Å². The molecule has 0 atom stereocenters. The van der Waals surface area contributed by atoms with Crippen LogP contribution in [0.2, 0.25) is 24.2 Å². The van der Waals surface area contributed by atoms with Gasteiger partial charge in [0, 0.05) is 18.8 Å². The molecule has 0 amide bonds. The van der Waals surface area contributed by atoms with Gasteiger partial charge in [0.05, 0.1) is 8.07 Å². The summed E-state index contributed by atoms with van der Waals surface area (Å²) in [5.41, 5.74) is 1.56. The third kappa shape index (κ3) is 4.45. The molecule has 0 spiro atoms. The van der Waals surface area contributed by atoms with E-state index in [0.29, 0.717) is 0 Å². The molecule has 1 fully saturated rings. The lowest BCUT2D eigenvalue weighted by Crippen LogP contribution is -2.32. The Morgan fingerprint density at radius 2 is 1.67 bits per heavy atom. The van der Waals surface area contributed by atoms with E-state index in [2.05, 4.69) is 38.7 Å². The van der Waals surface area contributed by atoms with Crippen molar-refractivity contribution >= 4 is 8.07 Å². The minimum atomic E-state index is -0.973. The van der Waals surface area contributed by atoms with Crippen molar-refractivity contribution in [2.75, 3.05) is 13.1 Å². The van der Waals surface area contributed by atoms with Gasteiger partial charge in [0.2, 0.25) is 0 Å². The van der Waals surface area contributed by atoms with Crippen molar-refractivity contribution in [2.24, 2.45) is 0 Å². The zero-order valence-electron chi connectivity index (χ0n) is 13.1. The number of hydrogen-bond acceptors (Lipinski definition) is 1. The molecule has 1 rings (SSSR count). The van der Waals surface area contributed by atoms with Gasteiger partial charge in [-0.15, -0.1) is 0 Å². The van der Waals surface area contributed by atoms with E-state index in [1.54, 1.807) is 5.70 Å². The standard InChI is InChI=1S/C16H33NSi/c1-5-14-18(6-2,7-3)15-11-16(4)17-12-9-8-10-13-17/h11H,5-10,12-15H2,1-4H3/b16-11-. The quantitative estimate of drug-likeness (QED) is 0.568. The molecule has 18 heavy (non-hydrogen) atoms. The van der Waals surface area contributed by atoms with Crippen LogP contribution in [0, 0.1) is 0 Å². The summed E-state index contributed by atoms with van der Waals surface area (Å²) < 4.78 is 0. The number of allylic oxidation sites excluding steroid dienone is 2. The largest absolute Gasteiger partial charge is 0.375 e. The van der Waals surface area contributed by atoms with Crippen molar-refractivity contribution in [1.29, 1.82) is 0 Å². The van der Waals surface area contributed by atoms with Crippen molar-refractivity contribution in [3.8, 4) is 0 Å². The molecule has 2 heteroatoms. The summed E-state index contributed by atoms with van der Waals surface area (Å²) in [4.78, 5) is 2.61. The SMILES string of the molecule is CCC[Si](CC)(CC)C/C=C(/C)N1CCCCC1. The van der Waals surface area contributed by atoms with E-state index < -0.39 is 8.07 Å². The van der Waals surface area contributed by atoms with Crippen molar-refractivity contribution in [3.63, 3.8) is 0 Å². The molecule has 1 heterocycles. The van der Waals surface area contributed by atoms with E-state index in [9.17, 15) is 0 Å². The predicted molar refractivity (Wildman–Crippen MR) is 85.8 cm³/mol. The van der Waals surface area contributed by atoms with Gasteiger partial charge in [-0.3, -0.25) is 0 Å². The highest BCUT2D eigenvalue weighted by Crippen LogP contribution is 2.28. The van der Waals surface area contributed by atoms with Crippen LogP contribution in [-0.4, -0.2) is 26.1 Å². The second-order valence-electron chi connectivity index (χ2n) is 6.05. The molecule has 0 saturated carbocycles. The lowest BCUT2D eigenvalue weighted by atomic mass is 10.1. The molecule has 0 aromatic rings. The van der Waals surface area contributed by atoms with E-state index in [-0.39, 0.29) is 0 Å². The summed E-state index contributed by atoms with van der Waals surface area (Å²) >= 11 is 0. The molecule has 1 aliphatic rings. The fourth-order valence-electron chi connectivity index (χ4n) is 3.26. The summed E-state index contributed by atoms with van der Waals surface area (Å²) in [5, 5.41) is 0. The maximum atomic E-state index is 2.61. The van der Waals surface area contributed by atoms with Crippen molar-refractivity contribution < 1.29 is 0 Å². The van der Waals surface area contributed by atoms with Crippen LogP contribution in [0.1, 0.15) is 53.4 Å². The summed E-state index contributed by atoms with van der Waals surface area (Å²) in [7, 11) is -0.973. The first kappa shape index (κ1) is 15.8. The van der Waals surface area contributed by atoms with Crippen LogP contribution < -0.4 is 0 Å². The second kappa shape index (κ2) is 8.03. The molecule has 0 aromatic heterocycles. The molecule has 0 N–H and O–H groups in total. The van der Waals surface area contributed by atoms with Crippen LogP contribution in [0.25, 0.3) is 0 Å². The Morgan fingerprint density at radius 1 is 1.06 bits per heavy atom. The Kier molecular flexibility index (Phi) is 7.06. The van der Waals surface area contributed by atoms with E-state index in [1.807, 2.05) is 0 Å². The molecule has 0 radical (unpaired) electrons. The highest BCUT2D eigenvalue weighted by molar-refractivity contribution is 6.80. The van der Waals surface area contributed by atoms with Crippen LogP contribution >= 0.6 is 0 Å². The van der Waals surface area contributed by atoms with E-state index >= 15 is 0 Å². The number of nitrogens with zero attached hydrogens (tertiary/aromatic N) is 1. The van der Waals surface area contributed by atoms with Crippen molar-refractivity contribution in [3.05, 3.63) is 11.8 Å². The Morgan fingerprint density at radius 3 is 2.17 bits per heavy atom. The number of hydrogen-bond donors (Lipinski definition) is 0. The molecule has 1 aliphatic heterocycles. The van der Waals surface area contributed by atoms with Crippen molar-refractivity contribution in [2.45, 2.75) is 77.6 Å². The summed E-state index contributed by atoms with van der Waals surface area (Å²) in [5.74, 6) is 0. The van der Waals surface area contributed by atoms with Gasteiger partial charge in [-0.2, -0.15) is 0 Å². The van der Waals surface area contributed by atoms with E-state index in [4.69, 9.17) is 0 Å². The topological polar surface area (TPSA) is 3.24 Å². The average molecular weight is 268 g/mol. The van der Waals surface area contributed by atoms with Crippen LogP contribution in [0.15, 0.2) is 11.8 Å². The summed E-state index contributed by atoms with van der Waals surface area (Å²) in [6, 6.07) is 5.85. The number of rotatable bonds is 7. The van der Waals surface area contributed by atoms with Gasteiger partial charge in [-0.05, 0) is 32.2 Å². The van der Waals surface area contributed by atoms with Crippen molar-refractivity contribution in [1.82, 2.24) is 4.90 Å². The first-order valence-electron chi connectivity index (χ1n) is 8.09. The second-order valence-corrected chi connectivity index (χ2v) is 11.4. The summed E-state index contributed by atoms with van der Waals surface area (Å²) in [6.45, 7) is 12.1. The lowest BCUT2D eigenvalue weighted by Gasteiger charge is -2.32. The van der Waals surface area contributed by atoms with Crippen LogP contribution in [0.4, 0.5) is 0 Å². The lowest BCUT2D eigenvalue weighted by molar-refractivity contribution is 0.285. The molecule has 1 nitrogen and oxygen atoms in total. The molecule has 0 aromatic carbocycles. The smallest absolute Gasteiger partial charge is 0.0568 e. The number of piperidine rings is 1. The Hall–Kier alpha value is -0.243. The average Bonchev–Trinajstić information content (AvgIpc) is 2.44. The van der Waals surface area contributed by atoms with E-state index in [0.717, 1.165) is 0 Å². The zero-order valence-corrected chi connectivity index (χ0v) is 14.1. The molecule has 0 aliphatic carbocycles. The van der Waals surface area contributed by atoms with Gasteiger partial charge in [0.15, 0.2) is 0 Å². The maximum absolute atomic E-state index is 2.61.